The first-order chi connectivity index (χ1) is 38.1. The number of imide groups is 1. The highest BCUT2D eigenvalue weighted by Gasteiger charge is 2.64. The Balaban J connectivity index is 1.02. The summed E-state index contributed by atoms with van der Waals surface area (Å²) in [5.74, 6) is -3.98. The number of alkyl carbamates (subject to hydrolysis) is 1. The molecule has 6 rings (SSSR count). The number of hydrogen-bond acceptors (Lipinski definition) is 19. The molecule has 2 aromatic rings. The van der Waals surface area contributed by atoms with Crippen LogP contribution in [0.2, 0.25) is 5.02 Å². The summed E-state index contributed by atoms with van der Waals surface area (Å²) in [5.41, 5.74) is 3.04. The molecule has 3 saturated heterocycles. The molecular formula is C56H73ClN6O16S2. The number of aromatic hydroxyl groups is 1. The molecule has 6 amide bonds. The van der Waals surface area contributed by atoms with Gasteiger partial charge >= 0.3 is 18.0 Å². The van der Waals surface area contributed by atoms with Gasteiger partial charge in [-0.15, -0.1) is 5.06 Å². The maximum atomic E-state index is 14.3. The molecule has 0 aliphatic carbocycles. The third kappa shape index (κ3) is 16.5. The van der Waals surface area contributed by atoms with Crippen LogP contribution in [0.3, 0.4) is 0 Å². The number of likely N-dealkylation sites (N-methyl/N-ethyl adjacent to an activating group) is 1. The largest absolute Gasteiger partial charge is 0.507 e. The first kappa shape index (κ1) is 64.0. The lowest BCUT2D eigenvalue weighted by Gasteiger charge is -2.42. The number of hydrazone groups is 1. The Hall–Kier alpha value is -6.18. The van der Waals surface area contributed by atoms with Crippen molar-refractivity contribution >= 4 is 92.2 Å². The van der Waals surface area contributed by atoms with E-state index < -0.39 is 94.1 Å². The summed E-state index contributed by atoms with van der Waals surface area (Å²) in [6.45, 7) is 14.2. The van der Waals surface area contributed by atoms with Gasteiger partial charge in [0.25, 0.3) is 11.8 Å². The number of esters is 1. The third-order valence-corrected chi connectivity index (χ3v) is 18.3. The summed E-state index contributed by atoms with van der Waals surface area (Å²) in [5, 5.41) is 30.1. The number of rotatable bonds is 19. The number of allylic oxidation sites excluding steroid dienone is 3. The summed E-state index contributed by atoms with van der Waals surface area (Å²) < 4.78 is 28.9. The van der Waals surface area contributed by atoms with Crippen LogP contribution in [-0.4, -0.2) is 154 Å². The van der Waals surface area contributed by atoms with Crippen molar-refractivity contribution in [3.63, 3.8) is 0 Å². The number of fused-ring (bicyclic) bond motifs is 5. The van der Waals surface area contributed by atoms with E-state index in [0.29, 0.717) is 45.0 Å². The molecule has 0 saturated carbocycles. The monoisotopic (exact) mass is 1180 g/mol. The van der Waals surface area contributed by atoms with Crippen molar-refractivity contribution < 1.29 is 77.1 Å². The number of phenols is 1. The van der Waals surface area contributed by atoms with E-state index in [-0.39, 0.29) is 69.6 Å². The number of benzene rings is 2. The molecule has 4 aliphatic rings. The van der Waals surface area contributed by atoms with Gasteiger partial charge in [0, 0.05) is 81.4 Å². The summed E-state index contributed by atoms with van der Waals surface area (Å²) in [6.07, 6.45) is 0.857. The number of hydroxylamine groups is 2. The zero-order valence-corrected chi connectivity index (χ0v) is 49.8. The predicted octanol–water partition coefficient (Wildman–Crippen LogP) is 6.77. The Morgan fingerprint density at radius 2 is 1.78 bits per heavy atom. The van der Waals surface area contributed by atoms with E-state index in [1.54, 1.807) is 52.1 Å². The number of carbonyl (C=O) groups excluding carboxylic acids is 8. The maximum absolute atomic E-state index is 14.3. The van der Waals surface area contributed by atoms with E-state index in [9.17, 15) is 48.6 Å². The highest BCUT2D eigenvalue weighted by molar-refractivity contribution is 8.77. The number of amides is 6. The molecular weight excluding hydrogens is 1110 g/mol. The zero-order chi connectivity index (χ0) is 59.7. The van der Waals surface area contributed by atoms with Gasteiger partial charge in [-0.05, 0) is 90.6 Å². The number of aliphatic hydroxyl groups is 1. The summed E-state index contributed by atoms with van der Waals surface area (Å²) in [6, 6.07) is 7.17. The van der Waals surface area contributed by atoms with Crippen LogP contribution in [0.5, 0.6) is 11.5 Å². The number of halogens is 1. The summed E-state index contributed by atoms with van der Waals surface area (Å²) in [4.78, 5) is 111. The summed E-state index contributed by atoms with van der Waals surface area (Å²) in [7, 11) is 7.27. The minimum atomic E-state index is -1.87. The lowest BCUT2D eigenvalue weighted by molar-refractivity contribution is -0.197. The van der Waals surface area contributed by atoms with Crippen LogP contribution in [0.15, 0.2) is 59.2 Å². The predicted molar refractivity (Wildman–Crippen MR) is 303 cm³/mol. The number of phenolic OH excluding ortho intramolecular Hbond substituents is 1. The normalized spacial score (nSPS) is 25.8. The Morgan fingerprint density at radius 1 is 1.07 bits per heavy atom. The standard InChI is InChI=1S/C56H73ClN6O16S2/c1-31-14-12-15-42(74-11)56(73)29-41(76-53(72)58-56)33(3)51-55(8,78-51)43(28-48(69)62(10)39-26-36(24-31)25-32(2)50(39)57)77-52(71)35(5)61(9)45(66)21-23-80-81-54(6,7)30-44(65)60-59-34(4)38-18-17-37(27-40(38)64)75-22-13-16-49(70)79-63-46(67)19-20-47(63)68/h12,14-15,17-18,25-27,33,35,41-43,51,64,73H,13,16,19-24,28-30H2,1-11H3,(H,58,72)(H,60,65)/b15-12+,31-14+,59-34+/t33-,35+,41+,42-,43+,51+,55+,56+/m1/s1. The molecule has 4 aliphatic heterocycles. The molecule has 4 heterocycles. The zero-order valence-electron chi connectivity index (χ0n) is 47.5. The van der Waals surface area contributed by atoms with Gasteiger partial charge in [0.15, 0.2) is 5.72 Å². The summed E-state index contributed by atoms with van der Waals surface area (Å²) >= 11 is 6.84. The number of aryl methyl sites for hydroxylation is 1. The minimum Gasteiger partial charge on any atom is -0.507 e. The Morgan fingerprint density at radius 3 is 2.46 bits per heavy atom. The molecule has 25 heteroatoms. The lowest BCUT2D eigenvalue weighted by atomic mass is 9.83. The van der Waals surface area contributed by atoms with Gasteiger partial charge in [0.2, 0.25) is 17.7 Å². The van der Waals surface area contributed by atoms with Crippen LogP contribution in [0.1, 0.15) is 117 Å². The van der Waals surface area contributed by atoms with Crippen molar-refractivity contribution in [2.24, 2.45) is 11.0 Å². The number of carbonyl (C=O) groups is 8. The molecule has 4 N–H and O–H groups in total. The topological polar surface area (TPSA) is 282 Å². The molecule has 3 fully saturated rings. The van der Waals surface area contributed by atoms with Crippen molar-refractivity contribution in [2.75, 3.05) is 38.5 Å². The van der Waals surface area contributed by atoms with E-state index in [1.807, 2.05) is 45.9 Å². The average Bonchev–Trinajstić information content (AvgIpc) is 4.03. The van der Waals surface area contributed by atoms with Crippen molar-refractivity contribution in [3.05, 3.63) is 75.8 Å². The van der Waals surface area contributed by atoms with Crippen LogP contribution in [-0.2, 0) is 63.8 Å². The lowest BCUT2D eigenvalue weighted by Crippen LogP contribution is -2.63. The Kier molecular flexibility index (Phi) is 21.5. The Bertz CT molecular complexity index is 2830. The smallest absolute Gasteiger partial charge is 0.409 e. The third-order valence-electron chi connectivity index (χ3n) is 14.5. The van der Waals surface area contributed by atoms with Crippen molar-refractivity contribution in [2.45, 2.75) is 160 Å². The first-order valence-corrected chi connectivity index (χ1v) is 29.2. The number of nitrogens with one attached hydrogen (secondary N) is 2. The highest BCUT2D eigenvalue weighted by atomic mass is 35.5. The molecule has 81 heavy (non-hydrogen) atoms. The number of methoxy groups -OCH3 is 1. The van der Waals surface area contributed by atoms with E-state index in [1.165, 1.54) is 58.5 Å². The molecule has 0 unspecified atom stereocenters. The maximum Gasteiger partial charge on any atom is 0.409 e. The van der Waals surface area contributed by atoms with E-state index in [2.05, 4.69) is 15.8 Å². The number of nitrogens with zero attached hydrogens (tertiary/aromatic N) is 4. The quantitative estimate of drug-likeness (QED) is 0.0215. The van der Waals surface area contributed by atoms with Gasteiger partial charge in [0.05, 0.1) is 42.0 Å². The van der Waals surface area contributed by atoms with Gasteiger partial charge in [-0.2, -0.15) is 5.10 Å². The fourth-order valence-electron chi connectivity index (χ4n) is 9.54. The van der Waals surface area contributed by atoms with E-state index in [4.69, 9.17) is 40.1 Å². The highest BCUT2D eigenvalue weighted by Crippen LogP contribution is 2.49. The Labute approximate surface area is 484 Å². The SMILES string of the molecule is CO[C@@H]1/C=C/C=C(\C)Cc2cc(C)c(Cl)c(c2)N(C)C(=O)C[C@H](OC(=O)[C@H](C)N(C)C(=O)CCSSC(C)(C)CC(=O)N/N=C(\C)c2ccc(OCCCC(=O)ON3C(=O)CCC3=O)cc2O)[C@]2(C)O[C@H]2[C@H](C)[C@@H]2C[C@@]1(O)NC(=O)O2. The molecule has 8 atom stereocenters. The second kappa shape index (κ2) is 27.3. The molecule has 0 radical (unpaired) electrons. The number of hydrogen-bond donors (Lipinski definition) is 4. The second-order valence-electron chi connectivity index (χ2n) is 21.5. The van der Waals surface area contributed by atoms with E-state index in [0.717, 1.165) is 16.7 Å². The van der Waals surface area contributed by atoms with Crippen molar-refractivity contribution in [1.82, 2.24) is 20.7 Å². The van der Waals surface area contributed by atoms with Gasteiger partial charge in [-0.3, -0.25) is 29.3 Å². The van der Waals surface area contributed by atoms with Crippen LogP contribution in [0.4, 0.5) is 10.5 Å². The number of anilines is 1. The fourth-order valence-corrected chi connectivity index (χ4v) is 12.3. The molecule has 0 aromatic heterocycles. The van der Waals surface area contributed by atoms with Gasteiger partial charge in [-0.25, -0.2) is 19.8 Å². The van der Waals surface area contributed by atoms with Crippen LogP contribution < -0.4 is 20.4 Å². The van der Waals surface area contributed by atoms with E-state index >= 15 is 0 Å². The average molecular weight is 1190 g/mol. The van der Waals surface area contributed by atoms with Crippen molar-refractivity contribution in [1.29, 1.82) is 0 Å². The minimum absolute atomic E-state index is 0.00322. The van der Waals surface area contributed by atoms with Crippen LogP contribution in [0, 0.1) is 12.8 Å². The van der Waals surface area contributed by atoms with Crippen molar-refractivity contribution in [3.8, 4) is 11.5 Å². The molecule has 0 spiro atoms. The number of ether oxygens (including phenoxy) is 5. The van der Waals surface area contributed by atoms with Crippen LogP contribution in [0.25, 0.3) is 0 Å². The molecule has 4 bridgehead atoms. The molecule has 2 aromatic carbocycles. The molecule has 442 valence electrons. The number of epoxide rings is 1. The first-order valence-electron chi connectivity index (χ1n) is 26.5. The molecule has 22 nitrogen and oxygen atoms in total. The second-order valence-corrected chi connectivity index (χ2v) is 25.0. The van der Waals surface area contributed by atoms with Gasteiger partial charge in [-0.1, -0.05) is 70.0 Å². The van der Waals surface area contributed by atoms with Gasteiger partial charge in [0.1, 0.15) is 41.5 Å². The van der Waals surface area contributed by atoms with Gasteiger partial charge < -0.3 is 48.5 Å². The fraction of sp³-hybridized carbons (Fsp3) is 0.554. The van der Waals surface area contributed by atoms with Crippen LogP contribution >= 0.6 is 33.2 Å².